The van der Waals surface area contributed by atoms with Crippen molar-refractivity contribution >= 4 is 10.1 Å². The van der Waals surface area contributed by atoms with Crippen molar-refractivity contribution in [3.63, 3.8) is 0 Å². The molecule has 5 nitrogen and oxygen atoms in total. The summed E-state index contributed by atoms with van der Waals surface area (Å²) in [7, 11) is -4.06. The highest BCUT2D eigenvalue weighted by atomic mass is 32.2. The van der Waals surface area contributed by atoms with Gasteiger partial charge in [0.2, 0.25) is 0 Å². The zero-order chi connectivity index (χ0) is 8.20. The molecule has 0 aliphatic carbocycles. The van der Waals surface area contributed by atoms with Crippen molar-refractivity contribution in [3.8, 4) is 0 Å². The van der Waals surface area contributed by atoms with Crippen LogP contribution in [0.15, 0.2) is 0 Å². The fourth-order valence-electron chi connectivity index (χ4n) is 0.532. The molecule has 0 bridgehead atoms. The van der Waals surface area contributed by atoms with Gasteiger partial charge in [-0.15, -0.1) is 0 Å². The molecule has 0 radical (unpaired) electrons. The lowest BCUT2D eigenvalue weighted by Gasteiger charge is -2.07. The van der Waals surface area contributed by atoms with E-state index in [0.717, 1.165) is 0 Å². The predicted molar refractivity (Wildman–Crippen MR) is 36.1 cm³/mol. The second-order valence-electron chi connectivity index (χ2n) is 1.88. The van der Waals surface area contributed by atoms with E-state index in [1.54, 1.807) is 0 Å². The summed E-state index contributed by atoms with van der Waals surface area (Å²) in [6.07, 6.45) is -0.0185. The van der Waals surface area contributed by atoms with E-state index in [1.165, 1.54) is 0 Å². The fourth-order valence-corrected chi connectivity index (χ4v) is 1.18. The largest absolute Gasteiger partial charge is 0.396 e. The second-order valence-corrected chi connectivity index (χ2v) is 3.58. The fraction of sp³-hybridized carbons (Fsp3) is 1.00. The van der Waals surface area contributed by atoms with Crippen molar-refractivity contribution in [2.45, 2.75) is 11.7 Å². The van der Waals surface area contributed by atoms with Gasteiger partial charge in [-0.2, -0.15) is 8.42 Å². The second kappa shape index (κ2) is 3.87. The van der Waals surface area contributed by atoms with Crippen molar-refractivity contribution in [1.82, 2.24) is 0 Å². The van der Waals surface area contributed by atoms with Crippen molar-refractivity contribution in [3.05, 3.63) is 0 Å². The molecular formula is C4H11NO4S. The molecule has 0 aromatic carbocycles. The van der Waals surface area contributed by atoms with Gasteiger partial charge < -0.3 is 10.8 Å². The highest BCUT2D eigenvalue weighted by Gasteiger charge is 2.19. The van der Waals surface area contributed by atoms with E-state index in [9.17, 15) is 8.42 Å². The summed E-state index contributed by atoms with van der Waals surface area (Å²) in [5, 5.41) is 7.27. The molecule has 10 heavy (non-hydrogen) atoms. The molecule has 0 fully saturated rings. The third kappa shape index (κ3) is 3.11. The van der Waals surface area contributed by atoms with Crippen LogP contribution in [-0.2, 0) is 10.1 Å². The maximum Gasteiger partial charge on any atom is 0.269 e. The zero-order valence-corrected chi connectivity index (χ0v) is 6.21. The summed E-state index contributed by atoms with van der Waals surface area (Å²) in [6, 6.07) is 0. The maximum atomic E-state index is 10.3. The molecule has 0 unspecified atom stereocenters. The number of aliphatic hydroxyl groups excluding tert-OH is 1. The Morgan fingerprint density at radius 2 is 2.00 bits per heavy atom. The Morgan fingerprint density at radius 3 is 2.10 bits per heavy atom. The highest BCUT2D eigenvalue weighted by Crippen LogP contribution is 2.00. The van der Waals surface area contributed by atoms with Gasteiger partial charge in [-0.05, 0) is 6.42 Å². The molecule has 4 N–H and O–H groups in total. The third-order valence-electron chi connectivity index (χ3n) is 1.14. The molecule has 0 spiro atoms. The Hall–Kier alpha value is -0.170. The van der Waals surface area contributed by atoms with Gasteiger partial charge in [0.15, 0.2) is 0 Å². The van der Waals surface area contributed by atoms with Gasteiger partial charge in [0.25, 0.3) is 10.1 Å². The number of hydrogen-bond donors (Lipinski definition) is 3. The first kappa shape index (κ1) is 9.83. The van der Waals surface area contributed by atoms with Gasteiger partial charge in [-0.25, -0.2) is 0 Å². The van der Waals surface area contributed by atoms with Crippen molar-refractivity contribution in [2.75, 3.05) is 13.2 Å². The van der Waals surface area contributed by atoms with Crippen LogP contribution in [0, 0.1) is 0 Å². The Bertz CT molecular complexity index is 176. The SMILES string of the molecule is NC[C@H](CCO)S(=O)(=O)O. The van der Waals surface area contributed by atoms with Crippen LogP contribution in [0.25, 0.3) is 0 Å². The first-order valence-electron chi connectivity index (χ1n) is 2.79. The smallest absolute Gasteiger partial charge is 0.269 e. The summed E-state index contributed by atoms with van der Waals surface area (Å²) >= 11 is 0. The van der Waals surface area contributed by atoms with Crippen LogP contribution in [0.5, 0.6) is 0 Å². The van der Waals surface area contributed by atoms with Crippen LogP contribution in [0.1, 0.15) is 6.42 Å². The molecule has 0 heterocycles. The Morgan fingerprint density at radius 1 is 1.50 bits per heavy atom. The summed E-state index contributed by atoms with van der Waals surface area (Å²) < 4.78 is 29.0. The van der Waals surface area contributed by atoms with E-state index in [2.05, 4.69) is 0 Å². The standard InChI is InChI=1S/C4H11NO4S/c5-3-4(1-2-6)10(7,8)9/h4,6H,1-3,5H2,(H,7,8,9)/t4-/m0/s1. The van der Waals surface area contributed by atoms with Crippen LogP contribution in [0.3, 0.4) is 0 Å². The van der Waals surface area contributed by atoms with E-state index in [0.29, 0.717) is 0 Å². The lowest BCUT2D eigenvalue weighted by molar-refractivity contribution is 0.283. The minimum Gasteiger partial charge on any atom is -0.396 e. The molecule has 62 valence electrons. The molecular weight excluding hydrogens is 158 g/mol. The molecule has 0 aliphatic heterocycles. The molecule has 0 rings (SSSR count). The normalized spacial score (nSPS) is 15.1. The Balaban J connectivity index is 4.08. The Labute approximate surface area is 59.6 Å². The van der Waals surface area contributed by atoms with Gasteiger partial charge >= 0.3 is 0 Å². The summed E-state index contributed by atoms with van der Waals surface area (Å²) in [6.45, 7) is -0.457. The maximum absolute atomic E-state index is 10.3. The summed E-state index contributed by atoms with van der Waals surface area (Å²) in [5.41, 5.74) is 4.99. The number of rotatable bonds is 4. The average molecular weight is 169 g/mol. The summed E-state index contributed by atoms with van der Waals surface area (Å²) in [5.74, 6) is 0. The molecule has 6 heteroatoms. The van der Waals surface area contributed by atoms with Gasteiger partial charge in [-0.1, -0.05) is 0 Å². The molecule has 1 atom stereocenters. The third-order valence-corrected chi connectivity index (χ3v) is 2.41. The molecule has 0 amide bonds. The molecule has 0 saturated carbocycles. The van der Waals surface area contributed by atoms with E-state index in [1.807, 2.05) is 0 Å². The number of hydrogen-bond acceptors (Lipinski definition) is 4. The highest BCUT2D eigenvalue weighted by molar-refractivity contribution is 7.86. The van der Waals surface area contributed by atoms with Crippen molar-refractivity contribution in [1.29, 1.82) is 0 Å². The van der Waals surface area contributed by atoms with Crippen LogP contribution >= 0.6 is 0 Å². The average Bonchev–Trinajstić information content (AvgIpc) is 1.80. The van der Waals surface area contributed by atoms with Gasteiger partial charge in [0.1, 0.15) is 5.25 Å². The molecule has 0 aliphatic rings. The van der Waals surface area contributed by atoms with Crippen molar-refractivity contribution < 1.29 is 18.1 Å². The van der Waals surface area contributed by atoms with Gasteiger partial charge in [0.05, 0.1) is 0 Å². The zero-order valence-electron chi connectivity index (χ0n) is 5.40. The van der Waals surface area contributed by atoms with E-state index >= 15 is 0 Å². The van der Waals surface area contributed by atoms with Gasteiger partial charge in [-0.3, -0.25) is 4.55 Å². The van der Waals surface area contributed by atoms with Crippen LogP contribution in [0.2, 0.25) is 0 Å². The van der Waals surface area contributed by atoms with E-state index < -0.39 is 15.4 Å². The van der Waals surface area contributed by atoms with Crippen molar-refractivity contribution in [2.24, 2.45) is 5.73 Å². The molecule has 0 aromatic heterocycles. The summed E-state index contributed by atoms with van der Waals surface area (Å²) in [4.78, 5) is 0. The van der Waals surface area contributed by atoms with Crippen LogP contribution in [0.4, 0.5) is 0 Å². The number of nitrogens with two attached hydrogens (primary N) is 1. The van der Waals surface area contributed by atoms with E-state index in [-0.39, 0.29) is 19.6 Å². The quantitative estimate of drug-likeness (QED) is 0.448. The topological polar surface area (TPSA) is 101 Å². The lowest BCUT2D eigenvalue weighted by atomic mass is 10.3. The Kier molecular flexibility index (Phi) is 3.80. The lowest BCUT2D eigenvalue weighted by Crippen LogP contribution is -2.30. The molecule has 0 saturated heterocycles. The van der Waals surface area contributed by atoms with Crippen LogP contribution < -0.4 is 5.73 Å². The minimum absolute atomic E-state index is 0.0185. The van der Waals surface area contributed by atoms with E-state index in [4.69, 9.17) is 15.4 Å². The van der Waals surface area contributed by atoms with Crippen LogP contribution in [-0.4, -0.2) is 36.5 Å². The first-order valence-corrected chi connectivity index (χ1v) is 4.30. The number of aliphatic hydroxyl groups is 1. The van der Waals surface area contributed by atoms with Gasteiger partial charge in [0, 0.05) is 13.2 Å². The molecule has 0 aromatic rings. The monoisotopic (exact) mass is 169 g/mol. The predicted octanol–water partition coefficient (Wildman–Crippen LogP) is -1.42. The minimum atomic E-state index is -4.06. The first-order chi connectivity index (χ1) is 4.52.